The lowest BCUT2D eigenvalue weighted by atomic mass is 10.2. The minimum atomic E-state index is -4.48. The molecule has 1 rings (SSSR count). The summed E-state index contributed by atoms with van der Waals surface area (Å²) >= 11 is 0. The van der Waals surface area contributed by atoms with Gasteiger partial charge in [0.05, 0.1) is 0 Å². The number of ether oxygens (including phenoxy) is 1. The van der Waals surface area contributed by atoms with Crippen molar-refractivity contribution in [3.05, 3.63) is 29.6 Å². The Kier molecular flexibility index (Phi) is 5.11. The Morgan fingerprint density at radius 2 is 2.05 bits per heavy atom. The number of rotatable bonds is 5. The highest BCUT2D eigenvalue weighted by Gasteiger charge is 2.27. The number of carbonyl (C=O) groups excluding carboxylic acids is 1. The number of benzene rings is 1. The zero-order chi connectivity index (χ0) is 14.5. The number of hydrogen-bond donors (Lipinski definition) is 2. The molecule has 0 atom stereocenters. The van der Waals surface area contributed by atoms with Crippen LogP contribution in [0.3, 0.4) is 0 Å². The van der Waals surface area contributed by atoms with Gasteiger partial charge in [-0.3, -0.25) is 4.79 Å². The molecule has 1 aromatic carbocycles. The molecule has 106 valence electrons. The lowest BCUT2D eigenvalue weighted by Crippen LogP contribution is -2.36. The van der Waals surface area contributed by atoms with E-state index in [1.165, 1.54) is 12.1 Å². The highest BCUT2D eigenvalue weighted by Crippen LogP contribution is 2.16. The standard InChI is InChI=1S/C11H12F4N2O2/c12-9-3-8(2-1-7(9)4-16)19-5-10(18)17-6-11(13,14)15/h1-3H,4-6,16H2,(H,17,18). The second-order valence-corrected chi connectivity index (χ2v) is 3.64. The van der Waals surface area contributed by atoms with Crippen molar-refractivity contribution in [3.8, 4) is 5.75 Å². The number of carbonyl (C=O) groups is 1. The molecule has 0 aromatic heterocycles. The van der Waals surface area contributed by atoms with Crippen LogP contribution >= 0.6 is 0 Å². The SMILES string of the molecule is NCc1ccc(OCC(=O)NCC(F)(F)F)cc1F. The molecule has 0 unspecified atom stereocenters. The number of halogens is 4. The second kappa shape index (κ2) is 6.37. The highest BCUT2D eigenvalue weighted by molar-refractivity contribution is 5.77. The average molecular weight is 280 g/mol. The number of nitrogens with one attached hydrogen (secondary N) is 1. The maximum absolute atomic E-state index is 13.3. The van der Waals surface area contributed by atoms with Crippen LogP contribution in [0.25, 0.3) is 0 Å². The summed E-state index contributed by atoms with van der Waals surface area (Å²) < 4.78 is 53.5. The fourth-order valence-corrected chi connectivity index (χ4v) is 1.18. The van der Waals surface area contributed by atoms with Gasteiger partial charge in [0.25, 0.3) is 5.91 Å². The Morgan fingerprint density at radius 3 is 2.58 bits per heavy atom. The van der Waals surface area contributed by atoms with Gasteiger partial charge in [0.15, 0.2) is 6.61 Å². The molecular formula is C11H12F4N2O2. The zero-order valence-electron chi connectivity index (χ0n) is 9.76. The molecule has 0 heterocycles. The first-order valence-corrected chi connectivity index (χ1v) is 5.26. The van der Waals surface area contributed by atoms with Crippen LogP contribution in [0.4, 0.5) is 17.6 Å². The molecule has 1 amide bonds. The Balaban J connectivity index is 2.44. The van der Waals surface area contributed by atoms with Gasteiger partial charge in [0.1, 0.15) is 18.1 Å². The predicted octanol–water partition coefficient (Wildman–Crippen LogP) is 1.34. The van der Waals surface area contributed by atoms with E-state index in [4.69, 9.17) is 10.5 Å². The third-order valence-corrected chi connectivity index (χ3v) is 2.10. The van der Waals surface area contributed by atoms with Crippen molar-refractivity contribution in [3.63, 3.8) is 0 Å². The van der Waals surface area contributed by atoms with Gasteiger partial charge < -0.3 is 15.8 Å². The smallest absolute Gasteiger partial charge is 0.405 e. The Labute approximate surface area is 106 Å². The normalized spacial score (nSPS) is 11.2. The number of alkyl halides is 3. The van der Waals surface area contributed by atoms with Gasteiger partial charge in [-0.05, 0) is 6.07 Å². The van der Waals surface area contributed by atoms with Crippen molar-refractivity contribution in [2.24, 2.45) is 5.73 Å². The Bertz CT molecular complexity index is 449. The lowest BCUT2D eigenvalue weighted by molar-refractivity contribution is -0.139. The molecule has 0 radical (unpaired) electrons. The van der Waals surface area contributed by atoms with Gasteiger partial charge in [-0.25, -0.2) is 4.39 Å². The van der Waals surface area contributed by atoms with E-state index in [0.29, 0.717) is 0 Å². The average Bonchev–Trinajstić information content (AvgIpc) is 2.33. The molecule has 0 fully saturated rings. The van der Waals surface area contributed by atoms with Crippen LogP contribution in [0, 0.1) is 5.82 Å². The summed E-state index contributed by atoms with van der Waals surface area (Å²) in [6, 6.07) is 3.76. The van der Waals surface area contributed by atoms with Crippen molar-refractivity contribution in [2.45, 2.75) is 12.7 Å². The third kappa shape index (κ3) is 5.56. The molecule has 0 aliphatic carbocycles. The quantitative estimate of drug-likeness (QED) is 0.800. The van der Waals surface area contributed by atoms with E-state index >= 15 is 0 Å². The van der Waals surface area contributed by atoms with Gasteiger partial charge >= 0.3 is 6.18 Å². The first kappa shape index (κ1) is 15.2. The molecule has 1 aromatic rings. The van der Waals surface area contributed by atoms with Crippen LogP contribution in [0.15, 0.2) is 18.2 Å². The molecule has 0 saturated heterocycles. The summed E-state index contributed by atoms with van der Waals surface area (Å²) in [5, 5.41) is 1.63. The fourth-order valence-electron chi connectivity index (χ4n) is 1.18. The van der Waals surface area contributed by atoms with Crippen molar-refractivity contribution < 1.29 is 27.1 Å². The molecule has 8 heteroatoms. The van der Waals surface area contributed by atoms with Gasteiger partial charge in [-0.2, -0.15) is 13.2 Å². The van der Waals surface area contributed by atoms with E-state index in [2.05, 4.69) is 0 Å². The molecule has 0 spiro atoms. The molecule has 19 heavy (non-hydrogen) atoms. The molecule has 0 saturated carbocycles. The van der Waals surface area contributed by atoms with Crippen LogP contribution in [0.2, 0.25) is 0 Å². The van der Waals surface area contributed by atoms with E-state index in [1.54, 1.807) is 5.32 Å². The zero-order valence-corrected chi connectivity index (χ0v) is 9.76. The second-order valence-electron chi connectivity index (χ2n) is 3.64. The van der Waals surface area contributed by atoms with E-state index < -0.39 is 31.1 Å². The largest absolute Gasteiger partial charge is 0.484 e. The Hall–Kier alpha value is -1.83. The molecule has 0 aliphatic heterocycles. The van der Waals surface area contributed by atoms with Crippen LogP contribution in [-0.2, 0) is 11.3 Å². The first-order chi connectivity index (χ1) is 8.81. The van der Waals surface area contributed by atoms with Crippen LogP contribution in [0.5, 0.6) is 5.75 Å². The maximum Gasteiger partial charge on any atom is 0.405 e. The van der Waals surface area contributed by atoms with Crippen LogP contribution in [-0.4, -0.2) is 25.2 Å². The third-order valence-electron chi connectivity index (χ3n) is 2.10. The minimum absolute atomic E-state index is 0.0121. The summed E-state index contributed by atoms with van der Waals surface area (Å²) in [7, 11) is 0. The van der Waals surface area contributed by atoms with Crippen molar-refractivity contribution in [1.29, 1.82) is 0 Å². The summed E-state index contributed by atoms with van der Waals surface area (Å²) in [6.45, 7) is -2.05. The summed E-state index contributed by atoms with van der Waals surface area (Å²) in [5.74, 6) is -1.51. The molecule has 3 N–H and O–H groups in total. The van der Waals surface area contributed by atoms with E-state index in [9.17, 15) is 22.4 Å². The van der Waals surface area contributed by atoms with E-state index in [-0.39, 0.29) is 17.9 Å². The lowest BCUT2D eigenvalue weighted by Gasteiger charge is -2.10. The Morgan fingerprint density at radius 1 is 1.37 bits per heavy atom. The van der Waals surface area contributed by atoms with Gasteiger partial charge in [0.2, 0.25) is 0 Å². The summed E-state index contributed by atoms with van der Waals surface area (Å²) in [6.07, 6.45) is -4.48. The predicted molar refractivity (Wildman–Crippen MR) is 58.9 cm³/mol. The van der Waals surface area contributed by atoms with E-state index in [1.807, 2.05) is 0 Å². The monoisotopic (exact) mass is 280 g/mol. The minimum Gasteiger partial charge on any atom is -0.484 e. The topological polar surface area (TPSA) is 64.3 Å². The summed E-state index contributed by atoms with van der Waals surface area (Å²) in [5.41, 5.74) is 5.52. The van der Waals surface area contributed by atoms with Gasteiger partial charge in [-0.15, -0.1) is 0 Å². The van der Waals surface area contributed by atoms with Crippen LogP contribution in [0.1, 0.15) is 5.56 Å². The maximum atomic E-state index is 13.3. The van der Waals surface area contributed by atoms with Crippen LogP contribution < -0.4 is 15.8 Å². The molecular weight excluding hydrogens is 268 g/mol. The van der Waals surface area contributed by atoms with E-state index in [0.717, 1.165) is 6.07 Å². The van der Waals surface area contributed by atoms with Crippen molar-refractivity contribution >= 4 is 5.91 Å². The summed E-state index contributed by atoms with van der Waals surface area (Å²) in [4.78, 5) is 11.0. The van der Waals surface area contributed by atoms with Crippen molar-refractivity contribution in [2.75, 3.05) is 13.2 Å². The van der Waals surface area contributed by atoms with Crippen molar-refractivity contribution in [1.82, 2.24) is 5.32 Å². The molecule has 0 aliphatic rings. The molecule has 0 bridgehead atoms. The number of hydrogen-bond acceptors (Lipinski definition) is 3. The number of amides is 1. The van der Waals surface area contributed by atoms with Gasteiger partial charge in [0, 0.05) is 18.2 Å². The fraction of sp³-hybridized carbons (Fsp3) is 0.364. The highest BCUT2D eigenvalue weighted by atomic mass is 19.4. The molecule has 4 nitrogen and oxygen atoms in total. The van der Waals surface area contributed by atoms with Gasteiger partial charge in [-0.1, -0.05) is 6.07 Å². The number of nitrogens with two attached hydrogens (primary N) is 1. The first-order valence-electron chi connectivity index (χ1n) is 5.26.